The molecule has 20 heavy (non-hydrogen) atoms. The Morgan fingerprint density at radius 3 is 2.65 bits per heavy atom. The van der Waals surface area contributed by atoms with Crippen LogP contribution in [0.5, 0.6) is 0 Å². The van der Waals surface area contributed by atoms with E-state index in [9.17, 15) is 13.9 Å². The molecule has 1 N–H and O–H groups in total. The fourth-order valence-corrected chi connectivity index (χ4v) is 2.41. The van der Waals surface area contributed by atoms with Gasteiger partial charge in [0.05, 0.1) is 13.2 Å². The van der Waals surface area contributed by atoms with Crippen LogP contribution >= 0.6 is 0 Å². The number of nitrogens with zero attached hydrogens (tertiary/aromatic N) is 1. The Labute approximate surface area is 114 Å². The van der Waals surface area contributed by atoms with Crippen LogP contribution in [-0.2, 0) is 13.2 Å². The van der Waals surface area contributed by atoms with Gasteiger partial charge in [0.25, 0.3) is 0 Å². The van der Waals surface area contributed by atoms with E-state index in [4.69, 9.17) is 0 Å². The van der Waals surface area contributed by atoms with Gasteiger partial charge in [-0.25, -0.2) is 8.78 Å². The van der Waals surface area contributed by atoms with Gasteiger partial charge in [0.2, 0.25) is 0 Å². The normalized spacial score (nSPS) is 11.2. The SMILES string of the molecule is OCc1cccc2c1ccn2Cc1cc(F)ccc1F. The van der Waals surface area contributed by atoms with Gasteiger partial charge in [-0.3, -0.25) is 0 Å². The van der Waals surface area contributed by atoms with Crippen LogP contribution < -0.4 is 0 Å². The summed E-state index contributed by atoms with van der Waals surface area (Å²) < 4.78 is 28.7. The summed E-state index contributed by atoms with van der Waals surface area (Å²) in [6.45, 7) is 0.206. The molecule has 0 spiro atoms. The van der Waals surface area contributed by atoms with E-state index in [2.05, 4.69) is 0 Å². The van der Waals surface area contributed by atoms with E-state index in [-0.39, 0.29) is 13.2 Å². The third-order valence-electron chi connectivity index (χ3n) is 3.42. The zero-order valence-corrected chi connectivity index (χ0v) is 10.7. The Balaban J connectivity index is 2.05. The lowest BCUT2D eigenvalue weighted by molar-refractivity contribution is 0.283. The third kappa shape index (κ3) is 2.18. The Morgan fingerprint density at radius 1 is 1.00 bits per heavy atom. The molecule has 3 aromatic rings. The largest absolute Gasteiger partial charge is 0.392 e. The minimum absolute atomic E-state index is 0.0460. The molecule has 2 nitrogen and oxygen atoms in total. The highest BCUT2D eigenvalue weighted by molar-refractivity contribution is 5.83. The number of aliphatic hydroxyl groups excluding tert-OH is 1. The first kappa shape index (κ1) is 12.8. The Hall–Kier alpha value is -2.20. The van der Waals surface area contributed by atoms with Crippen molar-refractivity contribution in [1.29, 1.82) is 0 Å². The monoisotopic (exact) mass is 273 g/mol. The number of benzene rings is 2. The van der Waals surface area contributed by atoms with Crippen molar-refractivity contribution in [3.05, 3.63) is 71.4 Å². The number of aromatic nitrogens is 1. The summed E-state index contributed by atoms with van der Waals surface area (Å²) in [7, 11) is 0. The van der Waals surface area contributed by atoms with Gasteiger partial charge < -0.3 is 9.67 Å². The zero-order valence-electron chi connectivity index (χ0n) is 10.7. The van der Waals surface area contributed by atoms with Crippen LogP contribution in [0.3, 0.4) is 0 Å². The van der Waals surface area contributed by atoms with E-state index in [0.717, 1.165) is 28.6 Å². The molecule has 0 aliphatic heterocycles. The second-order valence-electron chi connectivity index (χ2n) is 4.69. The molecule has 102 valence electrons. The van der Waals surface area contributed by atoms with Gasteiger partial charge in [0, 0.05) is 22.7 Å². The van der Waals surface area contributed by atoms with E-state index in [0.29, 0.717) is 5.56 Å². The first-order valence-corrected chi connectivity index (χ1v) is 6.30. The van der Waals surface area contributed by atoms with E-state index in [1.165, 1.54) is 6.07 Å². The number of aliphatic hydroxyl groups is 1. The van der Waals surface area contributed by atoms with Crippen molar-refractivity contribution in [2.24, 2.45) is 0 Å². The summed E-state index contributed by atoms with van der Waals surface area (Å²) in [5.74, 6) is -0.875. The third-order valence-corrected chi connectivity index (χ3v) is 3.42. The van der Waals surface area contributed by atoms with Crippen LogP contribution in [0, 0.1) is 11.6 Å². The van der Waals surface area contributed by atoms with Crippen molar-refractivity contribution in [1.82, 2.24) is 4.57 Å². The lowest BCUT2D eigenvalue weighted by Crippen LogP contribution is -2.01. The van der Waals surface area contributed by atoms with E-state index >= 15 is 0 Å². The number of rotatable bonds is 3. The van der Waals surface area contributed by atoms with Gasteiger partial charge in [-0.1, -0.05) is 12.1 Å². The predicted octanol–water partition coefficient (Wildman–Crippen LogP) is 3.46. The Morgan fingerprint density at radius 2 is 1.85 bits per heavy atom. The first-order chi connectivity index (χ1) is 9.69. The summed E-state index contributed by atoms with van der Waals surface area (Å²) in [5, 5.41) is 10.2. The molecule has 0 fully saturated rings. The molecule has 0 bridgehead atoms. The Bertz CT molecular complexity index is 764. The Kier molecular flexibility index (Phi) is 3.24. The summed E-state index contributed by atoms with van der Waals surface area (Å²) in [6.07, 6.45) is 1.81. The van der Waals surface area contributed by atoms with Gasteiger partial charge >= 0.3 is 0 Å². The molecule has 0 saturated heterocycles. The molecular weight excluding hydrogens is 260 g/mol. The fourth-order valence-electron chi connectivity index (χ4n) is 2.41. The average Bonchev–Trinajstić information content (AvgIpc) is 2.86. The molecule has 1 aromatic heterocycles. The molecule has 0 unspecified atom stereocenters. The second-order valence-corrected chi connectivity index (χ2v) is 4.69. The highest BCUT2D eigenvalue weighted by atomic mass is 19.1. The summed E-state index contributed by atoms with van der Waals surface area (Å²) >= 11 is 0. The first-order valence-electron chi connectivity index (χ1n) is 6.30. The highest BCUT2D eigenvalue weighted by Crippen LogP contribution is 2.22. The summed E-state index contributed by atoms with van der Waals surface area (Å²) in [4.78, 5) is 0. The molecule has 2 aromatic carbocycles. The minimum atomic E-state index is -0.450. The van der Waals surface area contributed by atoms with Crippen LogP contribution in [0.4, 0.5) is 8.78 Å². The zero-order chi connectivity index (χ0) is 14.1. The van der Waals surface area contributed by atoms with Gasteiger partial charge in [-0.15, -0.1) is 0 Å². The lowest BCUT2D eigenvalue weighted by atomic mass is 10.1. The number of fused-ring (bicyclic) bond motifs is 1. The number of hydrogen-bond acceptors (Lipinski definition) is 1. The van der Waals surface area contributed by atoms with Crippen molar-refractivity contribution in [3.63, 3.8) is 0 Å². The number of hydrogen-bond donors (Lipinski definition) is 1. The van der Waals surface area contributed by atoms with Crippen molar-refractivity contribution in [2.45, 2.75) is 13.2 Å². The highest BCUT2D eigenvalue weighted by Gasteiger charge is 2.08. The van der Waals surface area contributed by atoms with Crippen LogP contribution in [0.2, 0.25) is 0 Å². The van der Waals surface area contributed by atoms with E-state index in [1.54, 1.807) is 0 Å². The standard InChI is InChI=1S/C16H13F2NO/c17-13-4-5-15(18)12(8-13)9-19-7-6-14-11(10-20)2-1-3-16(14)19/h1-8,20H,9-10H2. The molecule has 0 amide bonds. The topological polar surface area (TPSA) is 25.2 Å². The minimum Gasteiger partial charge on any atom is -0.392 e. The smallest absolute Gasteiger partial charge is 0.128 e. The van der Waals surface area contributed by atoms with Crippen LogP contribution in [-0.4, -0.2) is 9.67 Å². The molecule has 0 saturated carbocycles. The molecule has 4 heteroatoms. The average molecular weight is 273 g/mol. The van der Waals surface area contributed by atoms with Crippen LogP contribution in [0.1, 0.15) is 11.1 Å². The molecular formula is C16H13F2NO. The maximum Gasteiger partial charge on any atom is 0.128 e. The second kappa shape index (κ2) is 5.06. The molecule has 3 rings (SSSR count). The quantitative estimate of drug-likeness (QED) is 0.776. The summed E-state index contributed by atoms with van der Waals surface area (Å²) in [6, 6.07) is 10.9. The van der Waals surface area contributed by atoms with Crippen LogP contribution in [0.15, 0.2) is 48.7 Å². The van der Waals surface area contributed by atoms with Crippen molar-refractivity contribution in [2.75, 3.05) is 0 Å². The predicted molar refractivity (Wildman–Crippen MR) is 73.3 cm³/mol. The van der Waals surface area contributed by atoms with Gasteiger partial charge in [-0.2, -0.15) is 0 Å². The lowest BCUT2D eigenvalue weighted by Gasteiger charge is -2.08. The van der Waals surface area contributed by atoms with Gasteiger partial charge in [0.15, 0.2) is 0 Å². The fraction of sp³-hybridized carbons (Fsp3) is 0.125. The molecule has 0 atom stereocenters. The maximum atomic E-state index is 13.7. The van der Waals surface area contributed by atoms with Gasteiger partial charge in [-0.05, 0) is 35.9 Å². The number of halogens is 2. The molecule has 0 aliphatic rings. The van der Waals surface area contributed by atoms with Crippen LogP contribution in [0.25, 0.3) is 10.9 Å². The molecule has 0 radical (unpaired) electrons. The van der Waals surface area contributed by atoms with E-state index in [1.807, 2.05) is 35.0 Å². The van der Waals surface area contributed by atoms with Crippen molar-refractivity contribution >= 4 is 10.9 Å². The molecule has 1 heterocycles. The maximum absolute atomic E-state index is 13.7. The van der Waals surface area contributed by atoms with Crippen molar-refractivity contribution < 1.29 is 13.9 Å². The van der Waals surface area contributed by atoms with Gasteiger partial charge in [0.1, 0.15) is 11.6 Å². The molecule has 0 aliphatic carbocycles. The van der Waals surface area contributed by atoms with Crippen molar-refractivity contribution in [3.8, 4) is 0 Å². The van der Waals surface area contributed by atoms with E-state index < -0.39 is 11.6 Å². The summed E-state index contributed by atoms with van der Waals surface area (Å²) in [5.41, 5.74) is 2.01.